The lowest BCUT2D eigenvalue weighted by atomic mass is 9.99. The number of amides is 1. The number of unbranched alkanes of at least 4 members (excludes halogenated alkanes) is 22. The van der Waals surface area contributed by atoms with Gasteiger partial charge in [-0.15, -0.1) is 0 Å². The zero-order valence-electron chi connectivity index (χ0n) is 36.3. The average Bonchev–Trinajstić information content (AvgIpc) is 3.21. The van der Waals surface area contributed by atoms with Gasteiger partial charge in [-0.2, -0.15) is 0 Å². The lowest BCUT2D eigenvalue weighted by Gasteiger charge is -2.40. The lowest BCUT2D eigenvalue weighted by molar-refractivity contribution is -0.302. The van der Waals surface area contributed by atoms with Crippen LogP contribution in [0.25, 0.3) is 0 Å². The summed E-state index contributed by atoms with van der Waals surface area (Å²) in [5.74, 6) is -0.185. The highest BCUT2D eigenvalue weighted by atomic mass is 16.7. The van der Waals surface area contributed by atoms with Gasteiger partial charge in [-0.05, 0) is 57.8 Å². The van der Waals surface area contributed by atoms with Gasteiger partial charge in [0.1, 0.15) is 24.4 Å². The predicted molar refractivity (Wildman–Crippen MR) is 235 cm³/mol. The summed E-state index contributed by atoms with van der Waals surface area (Å²) >= 11 is 0. The lowest BCUT2D eigenvalue weighted by Crippen LogP contribution is -2.60. The quantitative estimate of drug-likeness (QED) is 0.0267. The first-order valence-electron chi connectivity index (χ1n) is 23.4. The molecule has 0 saturated carbocycles. The molecule has 7 unspecified atom stereocenters. The van der Waals surface area contributed by atoms with Crippen LogP contribution in [0.2, 0.25) is 0 Å². The molecule has 0 aliphatic carbocycles. The number of nitrogens with one attached hydrogen (secondary N) is 1. The Labute approximate surface area is 348 Å². The van der Waals surface area contributed by atoms with E-state index in [1.54, 1.807) is 6.08 Å². The predicted octanol–water partition coefficient (Wildman–Crippen LogP) is 9.84. The number of hydrogen-bond acceptors (Lipinski definition) is 8. The second-order valence-corrected chi connectivity index (χ2v) is 16.2. The van der Waals surface area contributed by atoms with Gasteiger partial charge in [0.25, 0.3) is 0 Å². The van der Waals surface area contributed by atoms with Crippen molar-refractivity contribution in [3.8, 4) is 0 Å². The maximum absolute atomic E-state index is 12.9. The molecule has 0 aromatic rings. The summed E-state index contributed by atoms with van der Waals surface area (Å²) in [6.45, 7) is 3.71. The van der Waals surface area contributed by atoms with Gasteiger partial charge >= 0.3 is 0 Å². The topological polar surface area (TPSA) is 149 Å². The number of carbonyl (C=O) groups excluding carboxylic acids is 1. The Balaban J connectivity index is 2.24. The summed E-state index contributed by atoms with van der Waals surface area (Å²) in [6.07, 6.45) is 41.7. The molecule has 0 spiro atoms. The molecule has 0 aromatic carbocycles. The first kappa shape index (κ1) is 53.2. The van der Waals surface area contributed by atoms with Gasteiger partial charge < -0.3 is 40.3 Å². The van der Waals surface area contributed by atoms with Crippen LogP contribution >= 0.6 is 0 Å². The number of carbonyl (C=O) groups is 1. The van der Waals surface area contributed by atoms with E-state index in [1.807, 2.05) is 6.08 Å². The molecule has 0 aromatic heterocycles. The summed E-state index contributed by atoms with van der Waals surface area (Å²) in [5, 5.41) is 54.0. The van der Waals surface area contributed by atoms with Crippen molar-refractivity contribution < 1.29 is 39.8 Å². The van der Waals surface area contributed by atoms with Crippen molar-refractivity contribution in [2.45, 2.75) is 236 Å². The van der Waals surface area contributed by atoms with E-state index in [0.717, 1.165) is 51.4 Å². The van der Waals surface area contributed by atoms with Crippen LogP contribution < -0.4 is 5.32 Å². The third-order valence-electron chi connectivity index (χ3n) is 10.9. The van der Waals surface area contributed by atoms with Gasteiger partial charge in [-0.25, -0.2) is 0 Å². The minimum Gasteiger partial charge on any atom is -0.394 e. The van der Waals surface area contributed by atoms with Gasteiger partial charge in [0.2, 0.25) is 5.91 Å². The van der Waals surface area contributed by atoms with Crippen LogP contribution in [0.15, 0.2) is 48.6 Å². The molecule has 9 heteroatoms. The molecule has 0 radical (unpaired) electrons. The molecule has 9 nitrogen and oxygen atoms in total. The summed E-state index contributed by atoms with van der Waals surface area (Å²) in [4.78, 5) is 12.9. The van der Waals surface area contributed by atoms with Crippen LogP contribution in [0.1, 0.15) is 194 Å². The Kier molecular flexibility index (Phi) is 35.8. The van der Waals surface area contributed by atoms with Gasteiger partial charge in [0, 0.05) is 6.42 Å². The van der Waals surface area contributed by atoms with E-state index in [9.17, 15) is 30.3 Å². The SMILES string of the molecule is CCCCCCC/C=C\C/C=C\C/C=C\CCCCCCCCCCCCC(=O)NC(COC1OC(CO)C(O)C(O)C1O)C(O)/C=C/CCCCCCCCC. The van der Waals surface area contributed by atoms with Crippen molar-refractivity contribution in [3.63, 3.8) is 0 Å². The van der Waals surface area contributed by atoms with Crippen molar-refractivity contribution in [2.75, 3.05) is 13.2 Å². The van der Waals surface area contributed by atoms with Crippen LogP contribution in [0.4, 0.5) is 0 Å². The van der Waals surface area contributed by atoms with E-state index >= 15 is 0 Å². The Hall–Kier alpha value is -1.85. The second-order valence-electron chi connectivity index (χ2n) is 16.2. The summed E-state index contributed by atoms with van der Waals surface area (Å²) in [7, 11) is 0. The minimum atomic E-state index is -1.57. The molecule has 1 amide bonds. The number of aliphatic hydroxyl groups excluding tert-OH is 5. The molecule has 1 aliphatic heterocycles. The van der Waals surface area contributed by atoms with Crippen LogP contribution in [0.5, 0.6) is 0 Å². The molecule has 1 heterocycles. The maximum Gasteiger partial charge on any atom is 0.220 e. The second kappa shape index (κ2) is 38.4. The monoisotopic (exact) mass is 806 g/mol. The van der Waals surface area contributed by atoms with E-state index in [-0.39, 0.29) is 12.5 Å². The van der Waals surface area contributed by atoms with Crippen molar-refractivity contribution in [1.82, 2.24) is 5.32 Å². The fraction of sp³-hybridized carbons (Fsp3) is 0.812. The molecule has 0 bridgehead atoms. The summed E-state index contributed by atoms with van der Waals surface area (Å²) in [5.41, 5.74) is 0. The molecule has 57 heavy (non-hydrogen) atoms. The average molecular weight is 806 g/mol. The van der Waals surface area contributed by atoms with E-state index < -0.39 is 49.5 Å². The number of aliphatic hydroxyl groups is 5. The number of rotatable bonds is 38. The number of ether oxygens (including phenoxy) is 2. The zero-order valence-corrected chi connectivity index (χ0v) is 36.3. The molecular formula is C48H87NO8. The van der Waals surface area contributed by atoms with Gasteiger partial charge in [0.05, 0.1) is 25.4 Å². The number of allylic oxidation sites excluding steroid dienone is 7. The summed E-state index contributed by atoms with van der Waals surface area (Å²) in [6, 6.07) is -0.805. The minimum absolute atomic E-state index is 0.185. The molecule has 6 N–H and O–H groups in total. The fourth-order valence-corrected chi connectivity index (χ4v) is 7.10. The highest BCUT2D eigenvalue weighted by molar-refractivity contribution is 5.76. The van der Waals surface area contributed by atoms with Crippen molar-refractivity contribution in [3.05, 3.63) is 48.6 Å². The zero-order chi connectivity index (χ0) is 41.6. The van der Waals surface area contributed by atoms with Gasteiger partial charge in [-0.1, -0.05) is 178 Å². The summed E-state index contributed by atoms with van der Waals surface area (Å²) < 4.78 is 11.2. The van der Waals surface area contributed by atoms with Crippen LogP contribution in [-0.2, 0) is 14.3 Å². The third kappa shape index (κ3) is 29.1. The maximum atomic E-state index is 12.9. The smallest absolute Gasteiger partial charge is 0.220 e. The Bertz CT molecular complexity index is 1030. The van der Waals surface area contributed by atoms with E-state index in [2.05, 4.69) is 55.6 Å². The highest BCUT2D eigenvalue weighted by Crippen LogP contribution is 2.22. The third-order valence-corrected chi connectivity index (χ3v) is 10.9. The highest BCUT2D eigenvalue weighted by Gasteiger charge is 2.44. The van der Waals surface area contributed by atoms with Crippen molar-refractivity contribution in [2.24, 2.45) is 0 Å². The molecule has 1 saturated heterocycles. The standard InChI is InChI=1S/C48H87NO8/c1-3-5-7-9-11-13-14-15-16-17-18-19-20-21-22-23-24-25-26-27-28-30-32-34-36-38-44(52)49-41(42(51)37-35-33-31-29-12-10-8-6-4-2)40-56-48-47(55)46(54)45(53)43(39-50)57-48/h14-15,17-18,20-21,35,37,41-43,45-48,50-51,53-55H,3-13,16,19,22-34,36,38-40H2,1-2H3,(H,49,52)/b15-14-,18-17-,21-20-,37-35+. The van der Waals surface area contributed by atoms with E-state index in [1.165, 1.54) is 122 Å². The first-order valence-corrected chi connectivity index (χ1v) is 23.4. The van der Waals surface area contributed by atoms with Gasteiger partial charge in [-0.3, -0.25) is 4.79 Å². The van der Waals surface area contributed by atoms with Crippen molar-refractivity contribution in [1.29, 1.82) is 0 Å². The Morgan fingerprint density at radius 1 is 0.596 bits per heavy atom. The number of hydrogen-bond donors (Lipinski definition) is 6. The molecule has 332 valence electrons. The molecule has 7 atom stereocenters. The van der Waals surface area contributed by atoms with Gasteiger partial charge in [0.15, 0.2) is 6.29 Å². The normalized spacial score (nSPS) is 21.4. The molecule has 1 aliphatic rings. The van der Waals surface area contributed by atoms with E-state index in [0.29, 0.717) is 6.42 Å². The Morgan fingerprint density at radius 3 is 1.53 bits per heavy atom. The van der Waals surface area contributed by atoms with E-state index in [4.69, 9.17) is 9.47 Å². The van der Waals surface area contributed by atoms with Crippen LogP contribution in [0, 0.1) is 0 Å². The Morgan fingerprint density at radius 2 is 1.04 bits per heavy atom. The van der Waals surface area contributed by atoms with Crippen molar-refractivity contribution >= 4 is 5.91 Å². The largest absolute Gasteiger partial charge is 0.394 e. The fourth-order valence-electron chi connectivity index (χ4n) is 7.10. The molecule has 1 fully saturated rings. The van der Waals surface area contributed by atoms with Crippen LogP contribution in [0.3, 0.4) is 0 Å². The molecule has 1 rings (SSSR count). The first-order chi connectivity index (χ1) is 27.8. The molecular weight excluding hydrogens is 719 g/mol. The van der Waals surface area contributed by atoms with Crippen LogP contribution in [-0.4, -0.2) is 87.5 Å².